The third kappa shape index (κ3) is 4.59. The number of aryl methyl sites for hydroxylation is 1. The first-order valence-electron chi connectivity index (χ1n) is 8.20. The minimum absolute atomic E-state index is 0.0968. The van der Waals surface area contributed by atoms with Crippen molar-refractivity contribution in [3.05, 3.63) is 47.8 Å². The van der Waals surface area contributed by atoms with E-state index in [0.29, 0.717) is 17.9 Å². The van der Waals surface area contributed by atoms with Gasteiger partial charge in [-0.2, -0.15) is 5.10 Å². The number of ether oxygens (including phenoxy) is 2. The summed E-state index contributed by atoms with van der Waals surface area (Å²) in [4.78, 5) is 0. The van der Waals surface area contributed by atoms with Crippen LogP contribution >= 0.6 is 0 Å². The highest BCUT2D eigenvalue weighted by molar-refractivity contribution is 7.88. The lowest BCUT2D eigenvalue weighted by Crippen LogP contribution is -2.43. The first kappa shape index (κ1) is 17.9. The van der Waals surface area contributed by atoms with Crippen LogP contribution < -0.4 is 9.46 Å². The average Bonchev–Trinajstić information content (AvgIpc) is 3.01. The maximum Gasteiger partial charge on any atom is 0.216 e. The number of hydrogen-bond acceptors (Lipinski definition) is 5. The Bertz CT molecular complexity index is 819. The number of nitrogens with one attached hydrogen (secondary N) is 1. The van der Waals surface area contributed by atoms with Crippen molar-refractivity contribution in [1.82, 2.24) is 14.5 Å². The van der Waals surface area contributed by atoms with Crippen LogP contribution in [-0.4, -0.2) is 38.0 Å². The summed E-state index contributed by atoms with van der Waals surface area (Å²) >= 11 is 0. The molecule has 8 heteroatoms. The van der Waals surface area contributed by atoms with Gasteiger partial charge in [-0.05, 0) is 30.5 Å². The molecule has 0 aliphatic carbocycles. The quantitative estimate of drug-likeness (QED) is 0.844. The molecule has 1 aliphatic rings. The zero-order valence-corrected chi connectivity index (χ0v) is 15.2. The first-order chi connectivity index (χ1) is 12.0. The number of nitrogens with zero attached hydrogens (tertiary/aromatic N) is 2. The fourth-order valence-corrected chi connectivity index (χ4v) is 4.48. The van der Waals surface area contributed by atoms with Gasteiger partial charge in [-0.1, -0.05) is 12.1 Å². The average molecular weight is 365 g/mol. The summed E-state index contributed by atoms with van der Waals surface area (Å²) in [6.07, 6.45) is 4.82. The maximum atomic E-state index is 12.6. The zero-order valence-electron chi connectivity index (χ0n) is 14.4. The lowest BCUT2D eigenvalue weighted by Gasteiger charge is -2.31. The Hall–Kier alpha value is -1.90. The van der Waals surface area contributed by atoms with E-state index in [1.54, 1.807) is 42.3 Å². The Kier molecular flexibility index (Phi) is 5.41. The van der Waals surface area contributed by atoms with Crippen molar-refractivity contribution in [2.45, 2.75) is 30.7 Å². The van der Waals surface area contributed by atoms with Crippen molar-refractivity contribution >= 4 is 10.0 Å². The van der Waals surface area contributed by atoms with E-state index in [1.807, 2.05) is 13.2 Å². The van der Waals surface area contributed by atoms with E-state index in [4.69, 9.17) is 9.47 Å². The van der Waals surface area contributed by atoms with Crippen molar-refractivity contribution in [2.75, 3.05) is 13.7 Å². The molecule has 0 unspecified atom stereocenters. The van der Waals surface area contributed by atoms with Crippen molar-refractivity contribution < 1.29 is 17.9 Å². The number of methoxy groups -OCH3 is 1. The largest absolute Gasteiger partial charge is 0.497 e. The molecule has 25 heavy (non-hydrogen) atoms. The third-order valence-corrected chi connectivity index (χ3v) is 5.57. The van der Waals surface area contributed by atoms with E-state index in [2.05, 4.69) is 9.82 Å². The Balaban J connectivity index is 1.73. The van der Waals surface area contributed by atoms with E-state index >= 15 is 0 Å². The Labute approximate surface area is 148 Å². The van der Waals surface area contributed by atoms with Crippen molar-refractivity contribution in [2.24, 2.45) is 7.05 Å². The van der Waals surface area contributed by atoms with Crippen LogP contribution in [0.15, 0.2) is 36.7 Å². The van der Waals surface area contributed by atoms with Gasteiger partial charge in [0, 0.05) is 25.4 Å². The van der Waals surface area contributed by atoms with E-state index in [-0.39, 0.29) is 17.9 Å². The normalized spacial score (nSPS) is 21.2. The van der Waals surface area contributed by atoms with Gasteiger partial charge in [0.2, 0.25) is 10.0 Å². The second-order valence-electron chi connectivity index (χ2n) is 6.22. The van der Waals surface area contributed by atoms with Gasteiger partial charge in [0.25, 0.3) is 0 Å². The predicted molar refractivity (Wildman–Crippen MR) is 93.7 cm³/mol. The van der Waals surface area contributed by atoms with Crippen LogP contribution in [0.5, 0.6) is 5.75 Å². The summed E-state index contributed by atoms with van der Waals surface area (Å²) in [5, 5.41) is 4.16. The van der Waals surface area contributed by atoms with E-state index in [1.165, 1.54) is 0 Å². The molecular weight excluding hydrogens is 342 g/mol. The molecule has 0 saturated carbocycles. The SMILES string of the molecule is COc1cccc(CS(=O)(=O)N[C@H]2CCCO[C@@H]2c2cnn(C)c2)c1. The molecule has 136 valence electrons. The monoisotopic (exact) mass is 365 g/mol. The van der Waals surface area contributed by atoms with E-state index in [0.717, 1.165) is 18.4 Å². The van der Waals surface area contributed by atoms with Crippen LogP contribution in [0, 0.1) is 0 Å². The van der Waals surface area contributed by atoms with Crippen LogP contribution in [-0.2, 0) is 27.6 Å². The molecule has 0 radical (unpaired) electrons. The summed E-state index contributed by atoms with van der Waals surface area (Å²) in [7, 11) is -0.119. The van der Waals surface area contributed by atoms with E-state index in [9.17, 15) is 8.42 Å². The van der Waals surface area contributed by atoms with Crippen molar-refractivity contribution in [3.63, 3.8) is 0 Å². The standard InChI is InChI=1S/C17H23N3O4S/c1-20-11-14(10-18-20)17-16(7-4-8-24-17)19-25(21,22)12-13-5-3-6-15(9-13)23-2/h3,5-6,9-11,16-17,19H,4,7-8,12H2,1-2H3/t16-,17+/m0/s1. The Morgan fingerprint density at radius 2 is 2.28 bits per heavy atom. The molecule has 1 fully saturated rings. The van der Waals surface area contributed by atoms with Crippen LogP contribution in [0.25, 0.3) is 0 Å². The molecular formula is C17H23N3O4S. The van der Waals surface area contributed by atoms with Gasteiger partial charge in [-0.15, -0.1) is 0 Å². The highest BCUT2D eigenvalue weighted by atomic mass is 32.2. The number of rotatable bonds is 6. The number of benzene rings is 1. The molecule has 0 bridgehead atoms. The third-order valence-electron chi connectivity index (χ3n) is 4.20. The summed E-state index contributed by atoms with van der Waals surface area (Å²) in [6.45, 7) is 0.619. The van der Waals surface area contributed by atoms with Gasteiger partial charge in [-0.3, -0.25) is 4.68 Å². The number of hydrogen-bond donors (Lipinski definition) is 1. The number of sulfonamides is 1. The lowest BCUT2D eigenvalue weighted by molar-refractivity contribution is -0.00447. The van der Waals surface area contributed by atoms with Gasteiger partial charge in [0.1, 0.15) is 11.9 Å². The molecule has 2 heterocycles. The molecule has 2 atom stereocenters. The van der Waals surface area contributed by atoms with Crippen LogP contribution in [0.3, 0.4) is 0 Å². The predicted octanol–water partition coefficient (Wildman–Crippen LogP) is 1.77. The molecule has 0 amide bonds. The fraction of sp³-hybridized carbons (Fsp3) is 0.471. The highest BCUT2D eigenvalue weighted by Gasteiger charge is 2.31. The summed E-state index contributed by atoms with van der Waals surface area (Å²) in [5.41, 5.74) is 1.57. The van der Waals surface area contributed by atoms with Crippen LogP contribution in [0.1, 0.15) is 30.1 Å². The molecule has 7 nitrogen and oxygen atoms in total. The second-order valence-corrected chi connectivity index (χ2v) is 7.97. The highest BCUT2D eigenvalue weighted by Crippen LogP contribution is 2.29. The maximum absolute atomic E-state index is 12.6. The minimum Gasteiger partial charge on any atom is -0.497 e. The van der Waals surface area contributed by atoms with Gasteiger partial charge in [0.05, 0.1) is 25.1 Å². The molecule has 1 N–H and O–H groups in total. The topological polar surface area (TPSA) is 82.5 Å². The van der Waals surface area contributed by atoms with Crippen LogP contribution in [0.4, 0.5) is 0 Å². The molecule has 1 aromatic carbocycles. The molecule has 0 spiro atoms. The molecule has 1 aromatic heterocycles. The summed E-state index contributed by atoms with van der Waals surface area (Å²) < 4.78 is 40.7. The lowest BCUT2D eigenvalue weighted by atomic mass is 9.99. The molecule has 1 aliphatic heterocycles. The van der Waals surface area contributed by atoms with Gasteiger partial charge < -0.3 is 9.47 Å². The van der Waals surface area contributed by atoms with Gasteiger partial charge >= 0.3 is 0 Å². The molecule has 3 rings (SSSR count). The van der Waals surface area contributed by atoms with Gasteiger partial charge in [0.15, 0.2) is 0 Å². The van der Waals surface area contributed by atoms with Crippen LogP contribution in [0.2, 0.25) is 0 Å². The van der Waals surface area contributed by atoms with Gasteiger partial charge in [-0.25, -0.2) is 13.1 Å². The summed E-state index contributed by atoms with van der Waals surface area (Å²) in [6, 6.07) is 6.78. The number of aromatic nitrogens is 2. The van der Waals surface area contributed by atoms with Crippen molar-refractivity contribution in [1.29, 1.82) is 0 Å². The molecule has 1 saturated heterocycles. The smallest absolute Gasteiger partial charge is 0.216 e. The zero-order chi connectivity index (χ0) is 17.9. The van der Waals surface area contributed by atoms with E-state index < -0.39 is 10.0 Å². The Morgan fingerprint density at radius 3 is 3.00 bits per heavy atom. The summed E-state index contributed by atoms with van der Waals surface area (Å²) in [5.74, 6) is 0.544. The Morgan fingerprint density at radius 1 is 1.44 bits per heavy atom. The fourth-order valence-electron chi connectivity index (χ4n) is 3.07. The second kappa shape index (κ2) is 7.55. The minimum atomic E-state index is -3.51. The first-order valence-corrected chi connectivity index (χ1v) is 9.85. The van der Waals surface area contributed by atoms with Crippen molar-refractivity contribution in [3.8, 4) is 5.75 Å². The molecule has 2 aromatic rings.